The predicted molar refractivity (Wildman–Crippen MR) is 71.0 cm³/mol. The topological polar surface area (TPSA) is 63.6 Å². The van der Waals surface area contributed by atoms with Crippen LogP contribution >= 0.6 is 0 Å². The van der Waals surface area contributed by atoms with E-state index in [1.807, 2.05) is 0 Å². The molecule has 1 N–H and O–H groups in total. The Kier molecular flexibility index (Phi) is 5.20. The second-order valence-corrected chi connectivity index (χ2v) is 5.31. The van der Waals surface area contributed by atoms with Gasteiger partial charge in [-0.1, -0.05) is 13.0 Å². The first-order chi connectivity index (χ1) is 8.81. The van der Waals surface area contributed by atoms with Gasteiger partial charge in [0.05, 0.1) is 18.4 Å². The van der Waals surface area contributed by atoms with Crippen molar-refractivity contribution in [1.82, 2.24) is 0 Å². The summed E-state index contributed by atoms with van der Waals surface area (Å²) in [6, 6.07) is 4.33. The molecule has 1 aromatic rings. The quantitative estimate of drug-likeness (QED) is 0.668. The van der Waals surface area contributed by atoms with Gasteiger partial charge in [0.2, 0.25) is 0 Å². The highest BCUT2D eigenvalue weighted by Gasteiger charge is 2.27. The molecule has 0 bridgehead atoms. The molecule has 0 heterocycles. The molecule has 106 valence electrons. The SMILES string of the molecule is CCC(C)(F)c1ccc(C(=O)OC)cc1CS(=O)O. The summed E-state index contributed by atoms with van der Waals surface area (Å²) in [7, 11) is 1.24. The fourth-order valence-corrected chi connectivity index (χ4v) is 2.29. The molecule has 6 heteroatoms. The van der Waals surface area contributed by atoms with Crippen LogP contribution in [0, 0.1) is 0 Å². The number of rotatable bonds is 5. The average molecular weight is 288 g/mol. The van der Waals surface area contributed by atoms with E-state index in [0.717, 1.165) is 0 Å². The first-order valence-electron chi connectivity index (χ1n) is 5.80. The van der Waals surface area contributed by atoms with E-state index in [4.69, 9.17) is 4.55 Å². The third-order valence-corrected chi connectivity index (χ3v) is 3.59. The first-order valence-corrected chi connectivity index (χ1v) is 7.07. The van der Waals surface area contributed by atoms with Crippen molar-refractivity contribution in [1.29, 1.82) is 0 Å². The highest BCUT2D eigenvalue weighted by molar-refractivity contribution is 7.78. The van der Waals surface area contributed by atoms with Gasteiger partial charge in [0.15, 0.2) is 11.1 Å². The average Bonchev–Trinajstić information content (AvgIpc) is 2.36. The van der Waals surface area contributed by atoms with Crippen LogP contribution in [0.15, 0.2) is 18.2 Å². The third kappa shape index (κ3) is 3.84. The Morgan fingerprint density at radius 1 is 1.53 bits per heavy atom. The maximum atomic E-state index is 14.4. The normalized spacial score (nSPS) is 15.6. The summed E-state index contributed by atoms with van der Waals surface area (Å²) in [5.74, 6) is -0.784. The van der Waals surface area contributed by atoms with Crippen LogP contribution in [0.1, 0.15) is 41.8 Å². The van der Waals surface area contributed by atoms with Crippen molar-refractivity contribution >= 4 is 17.0 Å². The van der Waals surface area contributed by atoms with Crippen LogP contribution in [0.3, 0.4) is 0 Å². The van der Waals surface area contributed by atoms with Crippen molar-refractivity contribution in [3.8, 4) is 0 Å². The predicted octanol–water partition coefficient (Wildman–Crippen LogP) is 2.79. The molecule has 2 unspecified atom stereocenters. The molecule has 0 fully saturated rings. The summed E-state index contributed by atoms with van der Waals surface area (Å²) < 4.78 is 38.9. The van der Waals surface area contributed by atoms with E-state index in [0.29, 0.717) is 11.1 Å². The number of halogens is 1. The van der Waals surface area contributed by atoms with Crippen LogP contribution in [-0.4, -0.2) is 21.8 Å². The van der Waals surface area contributed by atoms with E-state index >= 15 is 0 Å². The van der Waals surface area contributed by atoms with Gasteiger partial charge in [-0.15, -0.1) is 0 Å². The highest BCUT2D eigenvalue weighted by Crippen LogP contribution is 2.32. The minimum absolute atomic E-state index is 0.223. The van der Waals surface area contributed by atoms with Gasteiger partial charge in [0.1, 0.15) is 5.67 Å². The molecule has 0 amide bonds. The molecule has 2 atom stereocenters. The number of methoxy groups -OCH3 is 1. The Bertz CT molecular complexity index is 499. The number of hydrogen-bond acceptors (Lipinski definition) is 3. The van der Waals surface area contributed by atoms with Crippen LogP contribution in [0.2, 0.25) is 0 Å². The van der Waals surface area contributed by atoms with Crippen LogP contribution < -0.4 is 0 Å². The fraction of sp³-hybridized carbons (Fsp3) is 0.462. The van der Waals surface area contributed by atoms with E-state index in [-0.39, 0.29) is 17.7 Å². The molecule has 0 aromatic heterocycles. The largest absolute Gasteiger partial charge is 0.465 e. The standard InChI is InChI=1S/C13H17FO4S/c1-4-13(2,14)11-6-5-9(12(15)18-3)7-10(11)8-19(16)17/h5-7H,4,8H2,1-3H3,(H,16,17). The van der Waals surface area contributed by atoms with Crippen molar-refractivity contribution in [2.24, 2.45) is 0 Å². The lowest BCUT2D eigenvalue weighted by Crippen LogP contribution is -2.18. The smallest absolute Gasteiger partial charge is 0.337 e. The van der Waals surface area contributed by atoms with Gasteiger partial charge < -0.3 is 9.29 Å². The van der Waals surface area contributed by atoms with Crippen LogP contribution in [0.25, 0.3) is 0 Å². The van der Waals surface area contributed by atoms with Gasteiger partial charge in [0, 0.05) is 0 Å². The zero-order valence-corrected chi connectivity index (χ0v) is 11.9. The van der Waals surface area contributed by atoms with Crippen molar-refractivity contribution in [3.05, 3.63) is 34.9 Å². The van der Waals surface area contributed by atoms with Gasteiger partial charge in [-0.2, -0.15) is 0 Å². The van der Waals surface area contributed by atoms with Gasteiger partial charge in [-0.05, 0) is 36.6 Å². The summed E-state index contributed by atoms with van der Waals surface area (Å²) in [5.41, 5.74) is -0.706. The summed E-state index contributed by atoms with van der Waals surface area (Å²) in [6.45, 7) is 3.10. The van der Waals surface area contributed by atoms with Crippen LogP contribution in [-0.2, 0) is 27.2 Å². The minimum atomic E-state index is -2.11. The molecule has 1 aromatic carbocycles. The zero-order chi connectivity index (χ0) is 14.6. The van der Waals surface area contributed by atoms with Crippen molar-refractivity contribution in [2.75, 3.05) is 7.11 Å². The van der Waals surface area contributed by atoms with E-state index < -0.39 is 22.7 Å². The number of benzene rings is 1. The second-order valence-electron chi connectivity index (χ2n) is 4.38. The van der Waals surface area contributed by atoms with Gasteiger partial charge in [-0.25, -0.2) is 13.4 Å². The molecule has 4 nitrogen and oxygen atoms in total. The summed E-state index contributed by atoms with van der Waals surface area (Å²) in [5, 5.41) is 0. The number of carbonyl (C=O) groups is 1. The first kappa shape index (κ1) is 15.8. The Morgan fingerprint density at radius 2 is 2.16 bits per heavy atom. The molecule has 19 heavy (non-hydrogen) atoms. The number of ether oxygens (including phenoxy) is 1. The Hall–Kier alpha value is -1.27. The maximum absolute atomic E-state index is 14.4. The Balaban J connectivity index is 3.32. The monoisotopic (exact) mass is 288 g/mol. The minimum Gasteiger partial charge on any atom is -0.465 e. The Morgan fingerprint density at radius 3 is 2.63 bits per heavy atom. The molecule has 0 radical (unpaired) electrons. The molecule has 0 spiro atoms. The van der Waals surface area contributed by atoms with E-state index in [9.17, 15) is 13.4 Å². The number of alkyl halides is 1. The van der Waals surface area contributed by atoms with Gasteiger partial charge in [-0.3, -0.25) is 0 Å². The van der Waals surface area contributed by atoms with Crippen molar-refractivity contribution in [3.63, 3.8) is 0 Å². The van der Waals surface area contributed by atoms with Crippen LogP contribution in [0.4, 0.5) is 4.39 Å². The number of hydrogen-bond donors (Lipinski definition) is 1. The summed E-state index contributed by atoms with van der Waals surface area (Å²) in [4.78, 5) is 11.4. The van der Waals surface area contributed by atoms with Crippen LogP contribution in [0.5, 0.6) is 0 Å². The summed E-state index contributed by atoms with van der Waals surface area (Å²) in [6.07, 6.45) is 0.232. The summed E-state index contributed by atoms with van der Waals surface area (Å²) >= 11 is -2.11. The second kappa shape index (κ2) is 6.25. The molecular formula is C13H17FO4S. The lowest BCUT2D eigenvalue weighted by Gasteiger charge is -2.22. The van der Waals surface area contributed by atoms with E-state index in [2.05, 4.69) is 4.74 Å². The highest BCUT2D eigenvalue weighted by atomic mass is 32.2. The van der Waals surface area contributed by atoms with E-state index in [1.54, 1.807) is 6.92 Å². The molecule has 0 aliphatic rings. The molecular weight excluding hydrogens is 271 g/mol. The third-order valence-electron chi connectivity index (χ3n) is 3.03. The zero-order valence-electron chi connectivity index (χ0n) is 11.1. The number of carbonyl (C=O) groups excluding carboxylic acids is 1. The maximum Gasteiger partial charge on any atom is 0.337 e. The Labute approximate surface area is 114 Å². The fourth-order valence-electron chi connectivity index (χ4n) is 1.79. The van der Waals surface area contributed by atoms with E-state index in [1.165, 1.54) is 32.2 Å². The lowest BCUT2D eigenvalue weighted by molar-refractivity contribution is 0.0600. The number of esters is 1. The lowest BCUT2D eigenvalue weighted by atomic mass is 9.90. The molecule has 0 saturated heterocycles. The molecule has 0 saturated carbocycles. The van der Waals surface area contributed by atoms with Crippen molar-refractivity contribution < 1.29 is 22.7 Å². The van der Waals surface area contributed by atoms with Gasteiger partial charge in [0.25, 0.3) is 0 Å². The molecule has 0 aliphatic carbocycles. The van der Waals surface area contributed by atoms with Crippen molar-refractivity contribution in [2.45, 2.75) is 31.7 Å². The van der Waals surface area contributed by atoms with Gasteiger partial charge >= 0.3 is 5.97 Å². The molecule has 0 aliphatic heterocycles. The molecule has 1 rings (SSSR count).